The van der Waals surface area contributed by atoms with Crippen molar-refractivity contribution in [2.45, 2.75) is 50.7 Å². The van der Waals surface area contributed by atoms with Gasteiger partial charge in [-0.2, -0.15) is 0 Å². The highest BCUT2D eigenvalue weighted by molar-refractivity contribution is 7.10. The zero-order valence-corrected chi connectivity index (χ0v) is 19.1. The Bertz CT molecular complexity index is 978. The lowest BCUT2D eigenvalue weighted by atomic mass is 9.72. The second-order valence-electron chi connectivity index (χ2n) is 9.65. The van der Waals surface area contributed by atoms with Crippen molar-refractivity contribution in [3.05, 3.63) is 34.2 Å². The van der Waals surface area contributed by atoms with Gasteiger partial charge < -0.3 is 24.2 Å². The molecule has 9 heteroatoms. The number of nitrogens with one attached hydrogen (secondary N) is 1. The van der Waals surface area contributed by atoms with E-state index in [9.17, 15) is 14.7 Å². The normalized spacial score (nSPS) is 29.2. The van der Waals surface area contributed by atoms with Gasteiger partial charge in [-0.1, -0.05) is 17.6 Å². The molecule has 0 radical (unpaired) electrons. The van der Waals surface area contributed by atoms with Gasteiger partial charge in [0.15, 0.2) is 24.1 Å². The van der Waals surface area contributed by atoms with Crippen molar-refractivity contribution >= 4 is 29.0 Å². The third-order valence-corrected chi connectivity index (χ3v) is 8.57. The molecule has 2 atom stereocenters. The van der Waals surface area contributed by atoms with Crippen LogP contribution in [0.3, 0.4) is 0 Å². The molecule has 1 saturated carbocycles. The fourth-order valence-corrected chi connectivity index (χ4v) is 6.40. The summed E-state index contributed by atoms with van der Waals surface area (Å²) in [5.74, 6) is 0.617. The van der Waals surface area contributed by atoms with Crippen LogP contribution in [0.4, 0.5) is 5.82 Å². The van der Waals surface area contributed by atoms with Crippen LogP contribution in [0.2, 0.25) is 0 Å². The quantitative estimate of drug-likeness (QED) is 0.487. The number of aryl methyl sites for hydroxylation is 1. The molecule has 0 spiro atoms. The average Bonchev–Trinajstić information content (AvgIpc) is 3.39. The number of rotatable bonds is 7. The molecule has 32 heavy (non-hydrogen) atoms. The number of piperidine rings is 3. The minimum absolute atomic E-state index is 0.0884. The van der Waals surface area contributed by atoms with E-state index in [0.29, 0.717) is 34.0 Å². The van der Waals surface area contributed by atoms with E-state index in [1.54, 1.807) is 13.0 Å². The van der Waals surface area contributed by atoms with Crippen LogP contribution >= 0.6 is 11.3 Å². The van der Waals surface area contributed by atoms with E-state index in [1.807, 2.05) is 17.5 Å². The monoisotopic (exact) mass is 460 g/mol. The highest BCUT2D eigenvalue weighted by atomic mass is 32.1. The minimum Gasteiger partial charge on any atom is -0.454 e. The summed E-state index contributed by atoms with van der Waals surface area (Å²) in [6.45, 7) is 4.47. The Morgan fingerprint density at radius 3 is 2.72 bits per heavy atom. The number of hydrogen-bond donors (Lipinski definition) is 2. The van der Waals surface area contributed by atoms with Crippen LogP contribution in [0.25, 0.3) is 0 Å². The number of amides is 1. The summed E-state index contributed by atoms with van der Waals surface area (Å²) in [5, 5.41) is 20.0. The van der Waals surface area contributed by atoms with Crippen LogP contribution in [-0.2, 0) is 19.9 Å². The molecule has 4 fully saturated rings. The Labute approximate surface area is 191 Å². The number of fused-ring (bicyclic) bond motifs is 3. The van der Waals surface area contributed by atoms with Crippen LogP contribution in [0.5, 0.6) is 0 Å². The van der Waals surface area contributed by atoms with Gasteiger partial charge >= 0.3 is 5.97 Å². The first-order chi connectivity index (χ1) is 15.4. The number of anilines is 1. The smallest absolute Gasteiger partial charge is 0.344 e. The summed E-state index contributed by atoms with van der Waals surface area (Å²) in [4.78, 5) is 26.7. The van der Waals surface area contributed by atoms with Crippen molar-refractivity contribution in [1.29, 1.82) is 0 Å². The maximum absolute atomic E-state index is 13.3. The van der Waals surface area contributed by atoms with E-state index in [4.69, 9.17) is 9.26 Å². The van der Waals surface area contributed by atoms with Gasteiger partial charge in [-0.3, -0.25) is 4.79 Å². The van der Waals surface area contributed by atoms with Gasteiger partial charge in [-0.05, 0) is 31.2 Å². The second kappa shape index (κ2) is 8.28. The van der Waals surface area contributed by atoms with E-state index in [-0.39, 0.29) is 23.8 Å². The Hall–Kier alpha value is -2.23. The van der Waals surface area contributed by atoms with Gasteiger partial charge in [-0.25, -0.2) is 4.79 Å². The molecule has 2 N–H and O–H groups in total. The summed E-state index contributed by atoms with van der Waals surface area (Å²) >= 11 is 1.40. The zero-order chi connectivity index (χ0) is 22.3. The number of nitrogens with zero attached hydrogens (tertiary/aromatic N) is 2. The van der Waals surface area contributed by atoms with E-state index in [0.717, 1.165) is 45.2 Å². The third kappa shape index (κ3) is 3.86. The standard InChI is InChI=1S/C23H29N3O5S/c1-15-12-20(25-31-15)24-21(27)14-26-9-7-16(8-10-26)18(13-26)30-22(28)23(29,17-4-2-5-17)19-6-3-11-32-19/h3,6,11-12,16-18,29H,2,4-5,7-10,13-14H2,1H3/p+1/t16?,18?,23-,26?/m0/s1. The van der Waals surface area contributed by atoms with Crippen LogP contribution in [0.1, 0.15) is 42.7 Å². The van der Waals surface area contributed by atoms with Crippen molar-refractivity contribution in [2.24, 2.45) is 11.8 Å². The molecule has 3 saturated heterocycles. The number of hydrogen-bond acceptors (Lipinski definition) is 7. The molecule has 8 nitrogen and oxygen atoms in total. The number of aromatic nitrogens is 1. The van der Waals surface area contributed by atoms with Gasteiger partial charge in [0, 0.05) is 35.6 Å². The molecular weight excluding hydrogens is 430 g/mol. The molecule has 1 unspecified atom stereocenters. The molecule has 1 amide bonds. The summed E-state index contributed by atoms with van der Waals surface area (Å²) in [6, 6.07) is 5.38. The van der Waals surface area contributed by atoms with Gasteiger partial charge in [-0.15, -0.1) is 11.3 Å². The van der Waals surface area contributed by atoms with Crippen LogP contribution in [0, 0.1) is 18.8 Å². The van der Waals surface area contributed by atoms with Crippen LogP contribution in [0.15, 0.2) is 28.1 Å². The minimum atomic E-state index is -1.56. The topological polar surface area (TPSA) is 102 Å². The van der Waals surface area contributed by atoms with Gasteiger partial charge in [0.2, 0.25) is 0 Å². The Kier molecular flexibility index (Phi) is 5.59. The molecule has 2 aromatic rings. The van der Waals surface area contributed by atoms with E-state index in [1.165, 1.54) is 11.3 Å². The van der Waals surface area contributed by atoms with Crippen molar-refractivity contribution in [2.75, 3.05) is 31.5 Å². The molecule has 4 aliphatic rings. The van der Waals surface area contributed by atoms with Gasteiger partial charge in [0.25, 0.3) is 5.91 Å². The number of esters is 1. The molecule has 6 rings (SSSR count). The number of carbonyl (C=O) groups is 2. The maximum Gasteiger partial charge on any atom is 0.344 e. The molecule has 2 aromatic heterocycles. The number of aliphatic hydroxyl groups is 1. The lowest BCUT2D eigenvalue weighted by molar-refractivity contribution is -0.939. The highest BCUT2D eigenvalue weighted by Crippen LogP contribution is 2.46. The Balaban J connectivity index is 1.27. The number of quaternary nitrogens is 1. The number of ether oxygens (including phenoxy) is 1. The van der Waals surface area contributed by atoms with Crippen molar-refractivity contribution in [3.8, 4) is 0 Å². The van der Waals surface area contributed by atoms with E-state index < -0.39 is 11.6 Å². The first-order valence-electron chi connectivity index (χ1n) is 11.4. The van der Waals surface area contributed by atoms with Gasteiger partial charge in [0.1, 0.15) is 12.3 Å². The van der Waals surface area contributed by atoms with Crippen molar-refractivity contribution in [1.82, 2.24) is 5.16 Å². The third-order valence-electron chi connectivity index (χ3n) is 7.58. The van der Waals surface area contributed by atoms with Crippen LogP contribution < -0.4 is 5.32 Å². The molecule has 172 valence electrons. The summed E-state index contributed by atoms with van der Waals surface area (Å²) in [5.41, 5.74) is -1.56. The summed E-state index contributed by atoms with van der Waals surface area (Å²) in [7, 11) is 0. The average molecular weight is 461 g/mol. The zero-order valence-electron chi connectivity index (χ0n) is 18.3. The molecule has 1 aliphatic carbocycles. The maximum atomic E-state index is 13.3. The predicted octanol–water partition coefficient (Wildman–Crippen LogP) is 2.82. The van der Waals surface area contributed by atoms with E-state index >= 15 is 0 Å². The molecule has 3 aliphatic heterocycles. The molecule has 2 bridgehead atoms. The lowest BCUT2D eigenvalue weighted by Gasteiger charge is -2.52. The predicted molar refractivity (Wildman–Crippen MR) is 118 cm³/mol. The van der Waals surface area contributed by atoms with Crippen molar-refractivity contribution < 1.29 is 28.4 Å². The summed E-state index contributed by atoms with van der Waals surface area (Å²) < 4.78 is 11.7. The first-order valence-corrected chi connectivity index (χ1v) is 12.3. The Morgan fingerprint density at radius 2 is 2.12 bits per heavy atom. The Morgan fingerprint density at radius 1 is 1.34 bits per heavy atom. The van der Waals surface area contributed by atoms with Crippen molar-refractivity contribution in [3.63, 3.8) is 0 Å². The fourth-order valence-electron chi connectivity index (χ4n) is 5.51. The SMILES string of the molecule is Cc1cc(NC(=O)C[N+]23CCC(CC2)C(OC(=O)[C@@](O)(c2cccs2)C2CCC2)C3)no1. The van der Waals surface area contributed by atoms with Gasteiger partial charge in [0.05, 0.1) is 13.1 Å². The lowest BCUT2D eigenvalue weighted by Crippen LogP contribution is -2.66. The van der Waals surface area contributed by atoms with Crippen LogP contribution in [-0.4, -0.2) is 58.9 Å². The largest absolute Gasteiger partial charge is 0.454 e. The fraction of sp³-hybridized carbons (Fsp3) is 0.609. The second-order valence-corrected chi connectivity index (χ2v) is 10.6. The number of thiophene rings is 1. The molecule has 5 heterocycles. The van der Waals surface area contributed by atoms with E-state index in [2.05, 4.69) is 10.5 Å². The molecule has 0 aromatic carbocycles. The summed E-state index contributed by atoms with van der Waals surface area (Å²) in [6.07, 6.45) is 4.24. The number of carbonyl (C=O) groups excluding carboxylic acids is 2. The molecular formula is C23H30N3O5S+. The first kappa shape index (κ1) is 21.6. The highest BCUT2D eigenvalue weighted by Gasteiger charge is 2.54.